The molecule has 0 saturated carbocycles. The molecule has 0 radical (unpaired) electrons. The third kappa shape index (κ3) is 7.71. The zero-order valence-corrected chi connectivity index (χ0v) is 19.5. The minimum atomic E-state index is -5.06. The Morgan fingerprint density at radius 1 is 0.971 bits per heavy atom. The molecule has 2 rings (SSSR count). The van der Waals surface area contributed by atoms with Gasteiger partial charge in [-0.3, -0.25) is 9.59 Å². The average Bonchev–Trinajstić information content (AvgIpc) is 3.23. The van der Waals surface area contributed by atoms with E-state index in [1.54, 1.807) is 0 Å². The highest BCUT2D eigenvalue weighted by atomic mass is 32.1. The van der Waals surface area contributed by atoms with Crippen molar-refractivity contribution in [1.82, 2.24) is 15.2 Å². The van der Waals surface area contributed by atoms with Crippen LogP contribution in [0.1, 0.15) is 76.5 Å². The van der Waals surface area contributed by atoms with Crippen LogP contribution in [0.15, 0.2) is 23.6 Å². The zero-order chi connectivity index (χ0) is 25.5. The van der Waals surface area contributed by atoms with Crippen molar-refractivity contribution in [3.63, 3.8) is 0 Å². The van der Waals surface area contributed by atoms with Gasteiger partial charge in [0.25, 0.3) is 11.8 Å². The summed E-state index contributed by atoms with van der Waals surface area (Å²) in [5.41, 5.74) is -3.69. The van der Waals surface area contributed by atoms with Crippen molar-refractivity contribution in [2.75, 3.05) is 13.1 Å². The second kappa shape index (κ2) is 11.7. The first-order valence-electron chi connectivity index (χ1n) is 10.7. The maximum atomic E-state index is 13.2. The molecule has 34 heavy (non-hydrogen) atoms. The summed E-state index contributed by atoms with van der Waals surface area (Å²) in [6.07, 6.45) is -7.31. The number of unbranched alkanes of at least 4 members (excludes halogenated alkanes) is 2. The van der Waals surface area contributed by atoms with E-state index in [-0.39, 0.29) is 24.8 Å². The summed E-state index contributed by atoms with van der Waals surface area (Å²) in [4.78, 5) is 30.5. The monoisotopic (exact) mass is 509 g/mol. The molecule has 0 bridgehead atoms. The van der Waals surface area contributed by atoms with Crippen molar-refractivity contribution in [3.8, 4) is 0 Å². The molecule has 0 fully saturated rings. The molecule has 0 aliphatic rings. The lowest BCUT2D eigenvalue weighted by molar-refractivity contribution is -0.143. The molecular weight excluding hydrogens is 484 g/mol. The maximum absolute atomic E-state index is 13.2. The van der Waals surface area contributed by atoms with Crippen molar-refractivity contribution in [2.24, 2.45) is 0 Å². The van der Waals surface area contributed by atoms with Gasteiger partial charge in [0.15, 0.2) is 0 Å². The molecule has 5 nitrogen and oxygen atoms in total. The number of alkyl halides is 6. The molecular formula is C22H25F6N3O2S. The highest BCUT2D eigenvalue weighted by Crippen LogP contribution is 2.36. The molecule has 0 unspecified atom stereocenters. The average molecular weight is 510 g/mol. The first-order valence-corrected chi connectivity index (χ1v) is 11.6. The van der Waals surface area contributed by atoms with Crippen LogP contribution in [0.4, 0.5) is 26.3 Å². The standard InChI is InChI=1S/C22H25F6N3O2S/c1-3-5-7-29-19(32)17-13-34-18(30-17)12-31(8-6-4-2)20(33)14-9-15(21(23,24)25)11-16(10-14)22(26,27)28/h9-11,13H,3-8,12H2,1-2H3,(H,29,32). The van der Waals surface area contributed by atoms with E-state index in [0.717, 1.165) is 29.1 Å². The number of nitrogens with one attached hydrogen (secondary N) is 1. The van der Waals surface area contributed by atoms with E-state index in [9.17, 15) is 35.9 Å². The first kappa shape index (κ1) is 27.6. The first-order chi connectivity index (χ1) is 15.9. The molecule has 12 heteroatoms. The lowest BCUT2D eigenvalue weighted by atomic mass is 10.0. The fourth-order valence-electron chi connectivity index (χ4n) is 2.98. The van der Waals surface area contributed by atoms with Gasteiger partial charge in [0.1, 0.15) is 10.7 Å². The smallest absolute Gasteiger partial charge is 0.351 e. The van der Waals surface area contributed by atoms with Gasteiger partial charge in [-0.1, -0.05) is 26.7 Å². The number of rotatable bonds is 10. The molecule has 1 aromatic heterocycles. The van der Waals surface area contributed by atoms with E-state index in [2.05, 4.69) is 10.3 Å². The van der Waals surface area contributed by atoms with Gasteiger partial charge >= 0.3 is 12.4 Å². The Balaban J connectivity index is 2.32. The summed E-state index contributed by atoms with van der Waals surface area (Å²) in [6.45, 7) is 4.22. The Morgan fingerprint density at radius 3 is 2.09 bits per heavy atom. The Labute approximate surface area is 197 Å². The van der Waals surface area contributed by atoms with Crippen LogP contribution in [0.25, 0.3) is 0 Å². The zero-order valence-electron chi connectivity index (χ0n) is 18.6. The molecule has 2 amide bonds. The van der Waals surface area contributed by atoms with Crippen molar-refractivity contribution in [1.29, 1.82) is 0 Å². The van der Waals surface area contributed by atoms with Crippen molar-refractivity contribution >= 4 is 23.2 Å². The molecule has 0 atom stereocenters. The van der Waals surface area contributed by atoms with Crippen LogP contribution < -0.4 is 5.32 Å². The lowest BCUT2D eigenvalue weighted by Crippen LogP contribution is -2.32. The highest BCUT2D eigenvalue weighted by molar-refractivity contribution is 7.09. The molecule has 0 spiro atoms. The number of hydrogen-bond donors (Lipinski definition) is 1. The van der Waals surface area contributed by atoms with E-state index in [0.29, 0.717) is 36.5 Å². The number of aromatic nitrogens is 1. The Bertz CT molecular complexity index is 956. The van der Waals surface area contributed by atoms with E-state index < -0.39 is 40.9 Å². The molecule has 0 saturated heterocycles. The van der Waals surface area contributed by atoms with Gasteiger partial charge in [0, 0.05) is 24.0 Å². The Kier molecular flexibility index (Phi) is 9.48. The van der Waals surface area contributed by atoms with Crippen molar-refractivity contribution in [2.45, 2.75) is 58.4 Å². The van der Waals surface area contributed by atoms with Crippen LogP contribution >= 0.6 is 11.3 Å². The van der Waals surface area contributed by atoms with Crippen LogP contribution in [0, 0.1) is 0 Å². The van der Waals surface area contributed by atoms with Gasteiger partial charge in [-0.25, -0.2) is 4.98 Å². The quantitative estimate of drug-likeness (QED) is 0.309. The normalized spacial score (nSPS) is 12.0. The predicted octanol–water partition coefficient (Wildman–Crippen LogP) is 6.15. The molecule has 0 aliphatic carbocycles. The summed E-state index contributed by atoms with van der Waals surface area (Å²) in [6, 6.07) is 0.827. The second-order valence-electron chi connectivity index (χ2n) is 7.61. The highest BCUT2D eigenvalue weighted by Gasteiger charge is 2.38. The van der Waals surface area contributed by atoms with E-state index in [4.69, 9.17) is 0 Å². The summed E-state index contributed by atoms with van der Waals surface area (Å²) < 4.78 is 79.2. The minimum absolute atomic E-state index is 0.0164. The van der Waals surface area contributed by atoms with Gasteiger partial charge in [-0.15, -0.1) is 11.3 Å². The lowest BCUT2D eigenvalue weighted by Gasteiger charge is -2.23. The van der Waals surface area contributed by atoms with Gasteiger partial charge in [0.05, 0.1) is 17.7 Å². The third-order valence-corrected chi connectivity index (χ3v) is 5.66. The summed E-state index contributed by atoms with van der Waals surface area (Å²) in [7, 11) is 0. The number of amides is 2. The van der Waals surface area contributed by atoms with E-state index >= 15 is 0 Å². The van der Waals surface area contributed by atoms with Crippen LogP contribution in [0.3, 0.4) is 0 Å². The number of nitrogens with zero attached hydrogens (tertiary/aromatic N) is 2. The largest absolute Gasteiger partial charge is 0.416 e. The van der Waals surface area contributed by atoms with E-state index in [1.165, 1.54) is 5.38 Å². The minimum Gasteiger partial charge on any atom is -0.351 e. The van der Waals surface area contributed by atoms with Crippen molar-refractivity contribution in [3.05, 3.63) is 51.0 Å². The van der Waals surface area contributed by atoms with Gasteiger partial charge < -0.3 is 10.2 Å². The van der Waals surface area contributed by atoms with Crippen LogP contribution in [-0.4, -0.2) is 34.8 Å². The summed E-state index contributed by atoms with van der Waals surface area (Å²) in [5, 5.41) is 4.53. The summed E-state index contributed by atoms with van der Waals surface area (Å²) in [5.74, 6) is -1.37. The van der Waals surface area contributed by atoms with Gasteiger partial charge in [-0.05, 0) is 31.0 Å². The van der Waals surface area contributed by atoms with Crippen LogP contribution in [0.5, 0.6) is 0 Å². The maximum Gasteiger partial charge on any atom is 0.416 e. The van der Waals surface area contributed by atoms with Crippen LogP contribution in [-0.2, 0) is 18.9 Å². The second-order valence-corrected chi connectivity index (χ2v) is 8.55. The Hall–Kier alpha value is -2.63. The van der Waals surface area contributed by atoms with Gasteiger partial charge in [0.2, 0.25) is 0 Å². The fraction of sp³-hybridized carbons (Fsp3) is 0.500. The topological polar surface area (TPSA) is 62.3 Å². The molecule has 1 heterocycles. The summed E-state index contributed by atoms with van der Waals surface area (Å²) >= 11 is 1.08. The Morgan fingerprint density at radius 2 is 1.56 bits per heavy atom. The number of carbonyl (C=O) groups is 2. The molecule has 2 aromatic rings. The number of benzene rings is 1. The SMILES string of the molecule is CCCCNC(=O)c1csc(CN(CCCC)C(=O)c2cc(C(F)(F)F)cc(C(F)(F)F)c2)n1. The van der Waals surface area contributed by atoms with Gasteiger partial charge in [-0.2, -0.15) is 26.3 Å². The number of thiazole rings is 1. The van der Waals surface area contributed by atoms with Crippen molar-refractivity contribution < 1.29 is 35.9 Å². The number of carbonyl (C=O) groups excluding carboxylic acids is 2. The third-order valence-electron chi connectivity index (χ3n) is 4.83. The number of hydrogen-bond acceptors (Lipinski definition) is 4. The number of halogens is 6. The molecule has 0 aliphatic heterocycles. The van der Waals surface area contributed by atoms with E-state index in [1.807, 2.05) is 13.8 Å². The predicted molar refractivity (Wildman–Crippen MR) is 115 cm³/mol. The molecule has 1 aromatic carbocycles. The molecule has 188 valence electrons. The molecule has 1 N–H and O–H groups in total. The van der Waals surface area contributed by atoms with Crippen LogP contribution in [0.2, 0.25) is 0 Å². The fourth-order valence-corrected chi connectivity index (χ4v) is 3.77.